The van der Waals surface area contributed by atoms with Gasteiger partial charge in [-0.1, -0.05) is 19.8 Å². The van der Waals surface area contributed by atoms with E-state index >= 15 is 0 Å². The fraction of sp³-hybridized carbons (Fsp3) is 0.571. The number of alkyl halides is 3. The summed E-state index contributed by atoms with van der Waals surface area (Å²) in [5.74, 6) is 0.963. The Labute approximate surface area is 120 Å². The minimum atomic E-state index is -4.44. The maximum Gasteiger partial charge on any atom is 0.435 e. The monoisotopic (exact) mass is 298 g/mol. The smallest absolute Gasteiger partial charge is 0.365 e. The Bertz CT molecular complexity index is 635. The normalized spacial score (nSPS) is 23.4. The number of aromatic nitrogens is 3. The third kappa shape index (κ3) is 2.82. The molecule has 2 aromatic heterocycles. The summed E-state index contributed by atoms with van der Waals surface area (Å²) in [4.78, 5) is 4.19. The van der Waals surface area contributed by atoms with Crippen molar-refractivity contribution in [1.29, 1.82) is 0 Å². The first-order valence-electron chi connectivity index (χ1n) is 7.13. The summed E-state index contributed by atoms with van der Waals surface area (Å²) in [6.07, 6.45) is 2.95. The first-order chi connectivity index (χ1) is 9.95. The molecule has 0 radical (unpaired) electrons. The zero-order valence-electron chi connectivity index (χ0n) is 11.7. The van der Waals surface area contributed by atoms with Gasteiger partial charge in [0, 0.05) is 24.5 Å². The van der Waals surface area contributed by atoms with Crippen LogP contribution in [0.25, 0.3) is 5.52 Å². The molecule has 7 heteroatoms. The van der Waals surface area contributed by atoms with Gasteiger partial charge in [-0.3, -0.25) is 0 Å². The highest BCUT2D eigenvalue weighted by Crippen LogP contribution is 2.31. The molecule has 0 aromatic carbocycles. The molecule has 2 atom stereocenters. The average Bonchev–Trinajstić information content (AvgIpc) is 2.86. The Kier molecular flexibility index (Phi) is 3.51. The van der Waals surface area contributed by atoms with Crippen LogP contribution in [-0.2, 0) is 6.18 Å². The van der Waals surface area contributed by atoms with Crippen LogP contribution >= 0.6 is 0 Å². The summed E-state index contributed by atoms with van der Waals surface area (Å²) in [6, 6.07) is 1.30. The molecule has 2 unspecified atom stereocenters. The molecule has 0 spiro atoms. The van der Waals surface area contributed by atoms with Gasteiger partial charge in [0.2, 0.25) is 0 Å². The van der Waals surface area contributed by atoms with E-state index in [2.05, 4.69) is 22.3 Å². The van der Waals surface area contributed by atoms with E-state index in [1.54, 1.807) is 0 Å². The molecule has 21 heavy (non-hydrogen) atoms. The molecule has 1 aliphatic rings. The Hall–Kier alpha value is -1.79. The van der Waals surface area contributed by atoms with Crippen molar-refractivity contribution in [2.24, 2.45) is 5.92 Å². The highest BCUT2D eigenvalue weighted by atomic mass is 19.4. The summed E-state index contributed by atoms with van der Waals surface area (Å²) in [5, 5.41) is 6.87. The molecule has 114 valence electrons. The van der Waals surface area contributed by atoms with Crippen LogP contribution in [0.15, 0.2) is 18.5 Å². The molecule has 1 aliphatic carbocycles. The molecular formula is C14H17F3N4. The lowest BCUT2D eigenvalue weighted by Gasteiger charge is -2.30. The Balaban J connectivity index is 1.93. The van der Waals surface area contributed by atoms with E-state index in [0.717, 1.165) is 25.3 Å². The van der Waals surface area contributed by atoms with E-state index in [-0.39, 0.29) is 6.04 Å². The predicted octanol–water partition coefficient (Wildman–Crippen LogP) is 3.74. The highest BCUT2D eigenvalue weighted by molar-refractivity contribution is 5.68. The molecule has 2 heterocycles. The highest BCUT2D eigenvalue weighted by Gasteiger charge is 2.34. The second kappa shape index (κ2) is 5.20. The van der Waals surface area contributed by atoms with Gasteiger partial charge in [-0.25, -0.2) is 9.50 Å². The third-order valence-corrected chi connectivity index (χ3v) is 4.11. The Morgan fingerprint density at radius 1 is 1.29 bits per heavy atom. The van der Waals surface area contributed by atoms with Gasteiger partial charge in [-0.2, -0.15) is 18.3 Å². The van der Waals surface area contributed by atoms with Crippen molar-refractivity contribution in [3.63, 3.8) is 0 Å². The lowest BCUT2D eigenvalue weighted by atomic mass is 9.86. The topological polar surface area (TPSA) is 42.2 Å². The van der Waals surface area contributed by atoms with Crippen LogP contribution in [0.1, 0.15) is 38.3 Å². The van der Waals surface area contributed by atoms with E-state index in [1.165, 1.54) is 23.3 Å². The summed E-state index contributed by atoms with van der Waals surface area (Å²) in [6.45, 7) is 2.16. The van der Waals surface area contributed by atoms with E-state index in [4.69, 9.17) is 0 Å². The van der Waals surface area contributed by atoms with E-state index in [1.807, 2.05) is 0 Å². The molecule has 4 nitrogen and oxygen atoms in total. The van der Waals surface area contributed by atoms with Crippen molar-refractivity contribution < 1.29 is 13.2 Å². The summed E-state index contributed by atoms with van der Waals surface area (Å²) in [7, 11) is 0. The van der Waals surface area contributed by atoms with Crippen LogP contribution in [-0.4, -0.2) is 20.6 Å². The summed E-state index contributed by atoms with van der Waals surface area (Å²) >= 11 is 0. The average molecular weight is 298 g/mol. The standard InChI is InChI=1S/C14H17F3N4/c1-9-4-2-3-5-10(9)19-13-11-8-12(14(15,16)17)20-21(11)7-6-18-13/h6-10H,2-5H2,1H3,(H,18,19). The molecule has 0 amide bonds. The van der Waals surface area contributed by atoms with Crippen molar-refractivity contribution in [2.75, 3.05) is 5.32 Å². The number of nitrogens with one attached hydrogen (secondary N) is 1. The fourth-order valence-electron chi connectivity index (χ4n) is 2.88. The van der Waals surface area contributed by atoms with E-state index in [9.17, 15) is 13.2 Å². The zero-order chi connectivity index (χ0) is 15.0. The first kappa shape index (κ1) is 14.2. The number of halogens is 3. The van der Waals surface area contributed by atoms with Crippen molar-refractivity contribution in [2.45, 2.75) is 44.8 Å². The summed E-state index contributed by atoms with van der Waals surface area (Å²) < 4.78 is 39.5. The quantitative estimate of drug-likeness (QED) is 0.918. The van der Waals surface area contributed by atoms with Gasteiger partial charge in [0.1, 0.15) is 5.52 Å². The van der Waals surface area contributed by atoms with Gasteiger partial charge in [-0.15, -0.1) is 0 Å². The first-order valence-corrected chi connectivity index (χ1v) is 7.13. The third-order valence-electron chi connectivity index (χ3n) is 4.11. The molecule has 1 fully saturated rings. The van der Waals surface area contributed by atoms with Crippen molar-refractivity contribution in [1.82, 2.24) is 14.6 Å². The number of hydrogen-bond acceptors (Lipinski definition) is 3. The molecule has 1 N–H and O–H groups in total. The number of rotatable bonds is 2. The number of fused-ring (bicyclic) bond motifs is 1. The van der Waals surface area contributed by atoms with Crippen LogP contribution < -0.4 is 5.32 Å². The van der Waals surface area contributed by atoms with E-state index in [0.29, 0.717) is 17.3 Å². The van der Waals surface area contributed by atoms with Crippen LogP contribution in [0.5, 0.6) is 0 Å². The van der Waals surface area contributed by atoms with Gasteiger partial charge in [0.25, 0.3) is 0 Å². The second-order valence-electron chi connectivity index (χ2n) is 5.65. The van der Waals surface area contributed by atoms with Gasteiger partial charge in [-0.05, 0) is 18.8 Å². The SMILES string of the molecule is CC1CCCCC1Nc1nccn2nc(C(F)(F)F)cc12. The zero-order valence-corrected chi connectivity index (χ0v) is 11.7. The van der Waals surface area contributed by atoms with Crippen molar-refractivity contribution >= 4 is 11.3 Å². The van der Waals surface area contributed by atoms with Crippen molar-refractivity contribution in [3.05, 3.63) is 24.2 Å². The second-order valence-corrected chi connectivity index (χ2v) is 5.65. The lowest BCUT2D eigenvalue weighted by Crippen LogP contribution is -2.30. The van der Waals surface area contributed by atoms with Crippen LogP contribution in [0.4, 0.5) is 19.0 Å². The molecule has 3 rings (SSSR count). The van der Waals surface area contributed by atoms with Gasteiger partial charge >= 0.3 is 6.18 Å². The molecule has 1 saturated carbocycles. The fourth-order valence-corrected chi connectivity index (χ4v) is 2.88. The van der Waals surface area contributed by atoms with Gasteiger partial charge in [0.15, 0.2) is 11.5 Å². The Morgan fingerprint density at radius 2 is 2.05 bits per heavy atom. The molecule has 0 saturated heterocycles. The largest absolute Gasteiger partial charge is 0.435 e. The molecule has 2 aromatic rings. The maximum absolute atomic E-state index is 12.8. The minimum absolute atomic E-state index is 0.252. The van der Waals surface area contributed by atoms with Crippen LogP contribution in [0, 0.1) is 5.92 Å². The molecule has 0 bridgehead atoms. The minimum Gasteiger partial charge on any atom is -0.365 e. The van der Waals surface area contributed by atoms with Crippen molar-refractivity contribution in [3.8, 4) is 0 Å². The maximum atomic E-state index is 12.8. The van der Waals surface area contributed by atoms with E-state index < -0.39 is 11.9 Å². The number of nitrogens with zero attached hydrogens (tertiary/aromatic N) is 3. The lowest BCUT2D eigenvalue weighted by molar-refractivity contribution is -0.141. The van der Waals surface area contributed by atoms with Gasteiger partial charge < -0.3 is 5.32 Å². The van der Waals surface area contributed by atoms with Gasteiger partial charge in [0.05, 0.1) is 0 Å². The predicted molar refractivity (Wildman–Crippen MR) is 73.0 cm³/mol. The Morgan fingerprint density at radius 3 is 2.76 bits per heavy atom. The number of anilines is 1. The summed E-state index contributed by atoms with van der Waals surface area (Å²) in [5.41, 5.74) is -0.530. The number of hydrogen-bond donors (Lipinski definition) is 1. The molecular weight excluding hydrogens is 281 g/mol. The molecule has 0 aliphatic heterocycles. The van der Waals surface area contributed by atoms with Crippen LogP contribution in [0.2, 0.25) is 0 Å². The van der Waals surface area contributed by atoms with Crippen LogP contribution in [0.3, 0.4) is 0 Å².